The first-order valence-corrected chi connectivity index (χ1v) is 4.51. The molecule has 0 aliphatic heterocycles. The molecule has 0 amide bonds. The van der Waals surface area contributed by atoms with E-state index in [1.807, 2.05) is 13.8 Å². The van der Waals surface area contributed by atoms with Crippen LogP contribution >= 0.6 is 23.2 Å². The van der Waals surface area contributed by atoms with Gasteiger partial charge in [-0.05, 0) is 0 Å². The number of hydrogen-bond donors (Lipinski definition) is 0. The Kier molecular flexibility index (Phi) is 15.4. The van der Waals surface area contributed by atoms with Gasteiger partial charge in [-0.25, -0.2) is 0 Å². The normalized spacial score (nSPS) is 8.00. The minimum absolute atomic E-state index is 0.148. The van der Waals surface area contributed by atoms with Crippen molar-refractivity contribution in [2.45, 2.75) is 26.7 Å². The van der Waals surface area contributed by atoms with Gasteiger partial charge in [-0.1, -0.05) is 13.8 Å². The lowest BCUT2D eigenvalue weighted by molar-refractivity contribution is -0.118. The number of rotatable bonds is 4. The fourth-order valence-corrected chi connectivity index (χ4v) is 0.757. The molecule has 0 aliphatic carbocycles. The van der Waals surface area contributed by atoms with E-state index in [9.17, 15) is 4.79 Å². The number of hydrogen-bond acceptors (Lipinski definition) is 1. The second kappa shape index (κ2) is 12.0. The monoisotopic (exact) mass is 184 g/mol. The van der Waals surface area contributed by atoms with Crippen molar-refractivity contribution in [1.29, 1.82) is 0 Å². The number of carbonyl (C=O) groups is 1. The van der Waals surface area contributed by atoms with Crippen LogP contribution in [-0.4, -0.2) is 17.5 Å². The molecule has 0 aromatic carbocycles. The van der Waals surface area contributed by atoms with E-state index in [0.29, 0.717) is 24.6 Å². The fraction of sp³-hybridized carbons (Fsp3) is 0.857. The van der Waals surface area contributed by atoms with Gasteiger partial charge in [0.1, 0.15) is 5.78 Å². The number of ketones is 1. The van der Waals surface area contributed by atoms with Gasteiger partial charge in [0.15, 0.2) is 0 Å². The van der Waals surface area contributed by atoms with E-state index >= 15 is 0 Å². The molecule has 0 aromatic rings. The molecule has 0 rings (SSSR count). The lowest BCUT2D eigenvalue weighted by atomic mass is 10.2. The van der Waals surface area contributed by atoms with Gasteiger partial charge in [0.25, 0.3) is 0 Å². The maximum absolute atomic E-state index is 10.5. The molecule has 0 atom stereocenters. The summed E-state index contributed by atoms with van der Waals surface area (Å²) in [7, 11) is 0. The van der Waals surface area contributed by atoms with Crippen LogP contribution in [0.15, 0.2) is 0 Å². The van der Waals surface area contributed by atoms with Gasteiger partial charge in [0.2, 0.25) is 0 Å². The second-order valence-electron chi connectivity index (χ2n) is 1.42. The van der Waals surface area contributed by atoms with Crippen LogP contribution in [0.1, 0.15) is 26.7 Å². The van der Waals surface area contributed by atoms with Crippen LogP contribution < -0.4 is 0 Å². The number of Topliss-reactive ketones (excluding diaryl/α,β-unsaturated/α-hetero) is 1. The van der Waals surface area contributed by atoms with Crippen LogP contribution in [0, 0.1) is 0 Å². The second-order valence-corrected chi connectivity index (χ2v) is 2.17. The van der Waals surface area contributed by atoms with E-state index in [1.54, 1.807) is 0 Å². The molecule has 10 heavy (non-hydrogen) atoms. The van der Waals surface area contributed by atoms with Crippen LogP contribution in [-0.2, 0) is 4.79 Å². The van der Waals surface area contributed by atoms with Crippen molar-refractivity contribution in [3.8, 4) is 0 Å². The van der Waals surface area contributed by atoms with Crippen LogP contribution in [0.25, 0.3) is 0 Å². The summed E-state index contributed by atoms with van der Waals surface area (Å²) >= 11 is 10.5. The Morgan fingerprint density at radius 3 is 1.60 bits per heavy atom. The van der Waals surface area contributed by atoms with Gasteiger partial charge < -0.3 is 0 Å². The zero-order valence-electron chi connectivity index (χ0n) is 6.49. The third kappa shape index (κ3) is 11.1. The highest BCUT2D eigenvalue weighted by atomic mass is 35.5. The zero-order valence-corrected chi connectivity index (χ0v) is 8.00. The van der Waals surface area contributed by atoms with Crippen LogP contribution in [0.2, 0.25) is 0 Å². The van der Waals surface area contributed by atoms with Crippen molar-refractivity contribution in [2.24, 2.45) is 0 Å². The quantitative estimate of drug-likeness (QED) is 0.615. The standard InChI is InChI=1S/C5H8Cl2O.C2H6/c6-3-1-5(8)2-4-7;1-2/h1-4H2;1-2H3. The van der Waals surface area contributed by atoms with Gasteiger partial charge in [0, 0.05) is 24.6 Å². The summed E-state index contributed by atoms with van der Waals surface area (Å²) in [6.07, 6.45) is 0.905. The largest absolute Gasteiger partial charge is 0.300 e. The van der Waals surface area contributed by atoms with Gasteiger partial charge in [-0.15, -0.1) is 23.2 Å². The Balaban J connectivity index is 0. The average molecular weight is 185 g/mol. The molecule has 0 aromatic heterocycles. The van der Waals surface area contributed by atoms with Gasteiger partial charge >= 0.3 is 0 Å². The van der Waals surface area contributed by atoms with Crippen LogP contribution in [0.3, 0.4) is 0 Å². The minimum Gasteiger partial charge on any atom is -0.300 e. The molecule has 0 N–H and O–H groups in total. The molecule has 0 unspecified atom stereocenters. The van der Waals surface area contributed by atoms with Crippen molar-refractivity contribution in [3.63, 3.8) is 0 Å². The Morgan fingerprint density at radius 2 is 1.40 bits per heavy atom. The first-order valence-electron chi connectivity index (χ1n) is 3.45. The number of alkyl halides is 2. The molecule has 0 saturated heterocycles. The average Bonchev–Trinajstić information content (AvgIpc) is 1.93. The van der Waals surface area contributed by atoms with Gasteiger partial charge in [-0.3, -0.25) is 4.79 Å². The Hall–Kier alpha value is 0.250. The highest BCUT2D eigenvalue weighted by Gasteiger charge is 1.96. The topological polar surface area (TPSA) is 17.1 Å². The van der Waals surface area contributed by atoms with Crippen molar-refractivity contribution in [1.82, 2.24) is 0 Å². The lowest BCUT2D eigenvalue weighted by Gasteiger charge is -1.89. The summed E-state index contributed by atoms with van der Waals surface area (Å²) in [5, 5.41) is 0. The SMILES string of the molecule is CC.O=C(CCCl)CCCl. The number of carbonyl (C=O) groups excluding carboxylic acids is 1. The van der Waals surface area contributed by atoms with Crippen LogP contribution in [0.4, 0.5) is 0 Å². The predicted molar refractivity (Wildman–Crippen MR) is 47.0 cm³/mol. The molecule has 62 valence electrons. The van der Waals surface area contributed by atoms with Crippen molar-refractivity contribution >= 4 is 29.0 Å². The van der Waals surface area contributed by atoms with Crippen molar-refractivity contribution in [2.75, 3.05) is 11.8 Å². The van der Waals surface area contributed by atoms with Crippen LogP contribution in [0.5, 0.6) is 0 Å². The van der Waals surface area contributed by atoms with E-state index in [4.69, 9.17) is 23.2 Å². The predicted octanol–water partition coefficient (Wildman–Crippen LogP) is 2.84. The maximum atomic E-state index is 10.5. The summed E-state index contributed by atoms with van der Waals surface area (Å²) in [6, 6.07) is 0. The molecule has 0 saturated carbocycles. The zero-order chi connectivity index (χ0) is 8.41. The third-order valence-electron chi connectivity index (χ3n) is 0.747. The molecular formula is C7H14Cl2O. The van der Waals surface area contributed by atoms with E-state index in [1.165, 1.54) is 0 Å². The van der Waals surface area contributed by atoms with Crippen molar-refractivity contribution in [3.05, 3.63) is 0 Å². The summed E-state index contributed by atoms with van der Waals surface area (Å²) in [5.74, 6) is 0.973. The first kappa shape index (κ1) is 12.9. The van der Waals surface area contributed by atoms with E-state index in [2.05, 4.69) is 0 Å². The van der Waals surface area contributed by atoms with E-state index in [-0.39, 0.29) is 5.78 Å². The highest BCUT2D eigenvalue weighted by Crippen LogP contribution is 1.93. The Labute approximate surface area is 72.7 Å². The number of halogens is 2. The Morgan fingerprint density at radius 1 is 1.10 bits per heavy atom. The maximum Gasteiger partial charge on any atom is 0.135 e. The van der Waals surface area contributed by atoms with E-state index < -0.39 is 0 Å². The summed E-state index contributed by atoms with van der Waals surface area (Å²) in [4.78, 5) is 10.5. The smallest absolute Gasteiger partial charge is 0.135 e. The molecule has 0 bridgehead atoms. The van der Waals surface area contributed by atoms with Crippen molar-refractivity contribution < 1.29 is 4.79 Å². The lowest BCUT2D eigenvalue weighted by Crippen LogP contribution is -1.98. The molecule has 1 nitrogen and oxygen atoms in total. The molecule has 0 radical (unpaired) electrons. The molecule has 0 aliphatic rings. The summed E-state index contributed by atoms with van der Waals surface area (Å²) in [5.41, 5.74) is 0. The highest BCUT2D eigenvalue weighted by molar-refractivity contribution is 6.20. The summed E-state index contributed by atoms with van der Waals surface area (Å²) < 4.78 is 0. The molecule has 0 heterocycles. The fourth-order valence-electron chi connectivity index (χ4n) is 0.336. The molecule has 0 spiro atoms. The third-order valence-corrected chi connectivity index (χ3v) is 1.12. The summed E-state index contributed by atoms with van der Waals surface area (Å²) in [6.45, 7) is 4.00. The van der Waals surface area contributed by atoms with Gasteiger partial charge in [-0.2, -0.15) is 0 Å². The minimum atomic E-state index is 0.148. The molecule has 3 heteroatoms. The molecule has 0 fully saturated rings. The molecular weight excluding hydrogens is 171 g/mol. The Bertz CT molecular complexity index is 66.0. The first-order chi connectivity index (χ1) is 4.81. The van der Waals surface area contributed by atoms with Gasteiger partial charge in [0.05, 0.1) is 0 Å². The van der Waals surface area contributed by atoms with E-state index in [0.717, 1.165) is 0 Å².